The van der Waals surface area contributed by atoms with Crippen LogP contribution in [0.2, 0.25) is 0 Å². The summed E-state index contributed by atoms with van der Waals surface area (Å²) in [4.78, 5) is 27.6. The van der Waals surface area contributed by atoms with E-state index < -0.39 is 17.7 Å². The summed E-state index contributed by atoms with van der Waals surface area (Å²) >= 11 is 0. The molecule has 4 nitrogen and oxygen atoms in total. The molecule has 0 amide bonds. The average Bonchev–Trinajstić information content (AvgIpc) is 2.66. The minimum atomic E-state index is -0.961. The van der Waals surface area contributed by atoms with Gasteiger partial charge >= 0.3 is 5.97 Å². The number of carbonyl (C=O) groups is 2. The Bertz CT molecular complexity index is 587. The fourth-order valence-corrected chi connectivity index (χ4v) is 1.86. The van der Waals surface area contributed by atoms with Gasteiger partial charge in [0.2, 0.25) is 5.78 Å². The van der Waals surface area contributed by atoms with Gasteiger partial charge in [0.25, 0.3) is 0 Å². The average molecular weight is 261 g/mol. The molecule has 0 bridgehead atoms. The summed E-state index contributed by atoms with van der Waals surface area (Å²) in [6.07, 6.45) is 1.52. The number of carbonyl (C=O) groups excluding carboxylic acids is 2. The molecule has 0 spiro atoms. The Hall–Kier alpha value is -2.30. The van der Waals surface area contributed by atoms with Gasteiger partial charge in [-0.3, -0.25) is 14.6 Å². The van der Waals surface area contributed by atoms with Crippen LogP contribution >= 0.6 is 0 Å². The van der Waals surface area contributed by atoms with Crippen LogP contribution in [0.15, 0.2) is 35.0 Å². The van der Waals surface area contributed by atoms with E-state index in [1.54, 1.807) is 6.92 Å². The van der Waals surface area contributed by atoms with Gasteiger partial charge in [-0.25, -0.2) is 4.39 Å². The molecule has 1 unspecified atom stereocenters. The molecule has 0 N–H and O–H groups in total. The number of aliphatic imine (C=N–C) groups is 1. The van der Waals surface area contributed by atoms with Crippen molar-refractivity contribution in [1.29, 1.82) is 0 Å². The highest BCUT2D eigenvalue weighted by Crippen LogP contribution is 2.23. The van der Waals surface area contributed by atoms with Gasteiger partial charge in [-0.2, -0.15) is 0 Å². The van der Waals surface area contributed by atoms with Crippen molar-refractivity contribution >= 4 is 23.5 Å². The van der Waals surface area contributed by atoms with Crippen LogP contribution in [0.1, 0.15) is 12.5 Å². The van der Waals surface area contributed by atoms with Crippen LogP contribution in [0.5, 0.6) is 0 Å². The maximum atomic E-state index is 12.8. The molecule has 0 saturated carbocycles. The van der Waals surface area contributed by atoms with Gasteiger partial charge in [-0.05, 0) is 30.7 Å². The molecule has 0 fully saturated rings. The van der Waals surface area contributed by atoms with Gasteiger partial charge in [0.15, 0.2) is 5.92 Å². The number of hydrogen-bond donors (Lipinski definition) is 0. The first-order chi connectivity index (χ1) is 9.02. The summed E-state index contributed by atoms with van der Waals surface area (Å²) in [7, 11) is 1.23. The highest BCUT2D eigenvalue weighted by atomic mass is 19.1. The zero-order valence-corrected chi connectivity index (χ0v) is 10.5. The van der Waals surface area contributed by atoms with Crippen molar-refractivity contribution in [2.45, 2.75) is 6.92 Å². The van der Waals surface area contributed by atoms with Crippen LogP contribution in [0, 0.1) is 11.7 Å². The van der Waals surface area contributed by atoms with Gasteiger partial charge < -0.3 is 4.74 Å². The summed E-state index contributed by atoms with van der Waals surface area (Å²) in [6.45, 7) is 1.60. The van der Waals surface area contributed by atoms with Crippen molar-refractivity contribution in [2.75, 3.05) is 7.11 Å². The molecule has 2 rings (SSSR count). The van der Waals surface area contributed by atoms with Crippen LogP contribution < -0.4 is 0 Å². The Morgan fingerprint density at radius 3 is 2.58 bits per heavy atom. The number of esters is 1. The van der Waals surface area contributed by atoms with Crippen LogP contribution in [0.4, 0.5) is 4.39 Å². The van der Waals surface area contributed by atoms with E-state index in [-0.39, 0.29) is 11.5 Å². The number of hydrogen-bond acceptors (Lipinski definition) is 4. The molecule has 1 atom stereocenters. The summed E-state index contributed by atoms with van der Waals surface area (Å²) in [5.41, 5.74) is 1.23. The zero-order valence-electron chi connectivity index (χ0n) is 10.5. The molecule has 1 aromatic carbocycles. The third kappa shape index (κ3) is 2.59. The van der Waals surface area contributed by atoms with Crippen molar-refractivity contribution in [2.24, 2.45) is 10.9 Å². The van der Waals surface area contributed by atoms with Crippen LogP contribution in [0.3, 0.4) is 0 Å². The highest BCUT2D eigenvalue weighted by Gasteiger charge is 2.37. The SMILES string of the molecule is COC(=O)C1C(=O)/C(=C\c2ccc(F)cc2)N=C1C. The van der Waals surface area contributed by atoms with E-state index in [2.05, 4.69) is 9.73 Å². The van der Waals surface area contributed by atoms with E-state index in [0.29, 0.717) is 11.3 Å². The van der Waals surface area contributed by atoms with Crippen molar-refractivity contribution in [3.8, 4) is 0 Å². The van der Waals surface area contributed by atoms with Crippen molar-refractivity contribution < 1.29 is 18.7 Å². The Balaban J connectivity index is 2.30. The number of allylic oxidation sites excluding steroid dienone is 1. The van der Waals surface area contributed by atoms with E-state index in [4.69, 9.17) is 0 Å². The van der Waals surface area contributed by atoms with Gasteiger partial charge in [0, 0.05) is 5.71 Å². The molecule has 98 valence electrons. The van der Waals surface area contributed by atoms with Gasteiger partial charge in [0.1, 0.15) is 11.5 Å². The Kier molecular flexibility index (Phi) is 3.55. The molecule has 1 aromatic rings. The molecule has 0 aliphatic carbocycles. The van der Waals surface area contributed by atoms with E-state index in [0.717, 1.165) is 0 Å². The predicted octanol–water partition coefficient (Wildman–Crippen LogP) is 2.00. The fraction of sp³-hybridized carbons (Fsp3) is 0.214. The standard InChI is InChI=1S/C14H12FNO3/c1-8-12(14(18)19-2)13(17)11(16-8)7-9-3-5-10(15)6-4-9/h3-7,12H,1-2H3/b11-7+. The van der Waals surface area contributed by atoms with E-state index in [1.165, 1.54) is 37.5 Å². The third-order valence-electron chi connectivity index (χ3n) is 2.84. The number of ether oxygens (including phenoxy) is 1. The number of methoxy groups -OCH3 is 1. The second-order valence-corrected chi connectivity index (χ2v) is 4.15. The normalized spacial score (nSPS) is 20.6. The molecule has 5 heteroatoms. The largest absolute Gasteiger partial charge is 0.468 e. The number of ketones is 1. The van der Waals surface area contributed by atoms with Crippen LogP contribution in [-0.4, -0.2) is 24.6 Å². The highest BCUT2D eigenvalue weighted by molar-refractivity contribution is 6.28. The molecule has 19 heavy (non-hydrogen) atoms. The monoisotopic (exact) mass is 261 g/mol. The molecule has 0 aromatic heterocycles. The minimum Gasteiger partial charge on any atom is -0.468 e. The molecular weight excluding hydrogens is 249 g/mol. The zero-order chi connectivity index (χ0) is 14.0. The van der Waals surface area contributed by atoms with Gasteiger partial charge in [-0.1, -0.05) is 12.1 Å². The topological polar surface area (TPSA) is 55.7 Å². The van der Waals surface area contributed by atoms with E-state index in [1.807, 2.05) is 0 Å². The first-order valence-electron chi connectivity index (χ1n) is 5.67. The fourth-order valence-electron chi connectivity index (χ4n) is 1.86. The van der Waals surface area contributed by atoms with Crippen LogP contribution in [-0.2, 0) is 14.3 Å². The van der Waals surface area contributed by atoms with E-state index in [9.17, 15) is 14.0 Å². The number of nitrogens with zero attached hydrogens (tertiary/aromatic N) is 1. The Morgan fingerprint density at radius 2 is 2.00 bits per heavy atom. The lowest BCUT2D eigenvalue weighted by atomic mass is 10.0. The second kappa shape index (κ2) is 5.14. The van der Waals surface area contributed by atoms with Gasteiger partial charge in [0.05, 0.1) is 7.11 Å². The molecule has 0 saturated heterocycles. The Labute approximate surface area is 109 Å². The second-order valence-electron chi connectivity index (χ2n) is 4.15. The number of Topliss-reactive ketones (excluding diaryl/α,β-unsaturated/α-hetero) is 1. The molecular formula is C14H12FNO3. The van der Waals surface area contributed by atoms with Crippen molar-refractivity contribution in [3.05, 3.63) is 41.3 Å². The van der Waals surface area contributed by atoms with E-state index >= 15 is 0 Å². The number of halogens is 1. The minimum absolute atomic E-state index is 0.180. The first kappa shape index (κ1) is 13.1. The Morgan fingerprint density at radius 1 is 1.37 bits per heavy atom. The number of rotatable bonds is 2. The summed E-state index contributed by atoms with van der Waals surface area (Å²) in [5, 5.41) is 0. The van der Waals surface area contributed by atoms with Crippen LogP contribution in [0.25, 0.3) is 6.08 Å². The van der Waals surface area contributed by atoms with Crippen molar-refractivity contribution in [1.82, 2.24) is 0 Å². The van der Waals surface area contributed by atoms with Gasteiger partial charge in [-0.15, -0.1) is 0 Å². The van der Waals surface area contributed by atoms with Crippen molar-refractivity contribution in [3.63, 3.8) is 0 Å². The lowest BCUT2D eigenvalue weighted by molar-refractivity contribution is -0.145. The summed E-state index contributed by atoms with van der Waals surface area (Å²) < 4.78 is 17.3. The lowest BCUT2D eigenvalue weighted by Crippen LogP contribution is -2.27. The predicted molar refractivity (Wildman–Crippen MR) is 68.0 cm³/mol. The first-order valence-corrected chi connectivity index (χ1v) is 5.67. The molecule has 1 aliphatic heterocycles. The lowest BCUT2D eigenvalue weighted by Gasteiger charge is -2.04. The third-order valence-corrected chi connectivity index (χ3v) is 2.84. The number of benzene rings is 1. The maximum Gasteiger partial charge on any atom is 0.322 e. The molecule has 1 aliphatic rings. The maximum absolute atomic E-state index is 12.8. The summed E-state index contributed by atoms with van der Waals surface area (Å²) in [5.74, 6) is -2.33. The molecule has 1 heterocycles. The smallest absolute Gasteiger partial charge is 0.322 e. The molecule has 0 radical (unpaired) electrons. The quantitative estimate of drug-likeness (QED) is 0.465. The summed E-state index contributed by atoms with van der Waals surface area (Å²) in [6, 6.07) is 5.65.